The molecule has 2 aliphatic carbocycles. The molecule has 0 bridgehead atoms. The highest BCUT2D eigenvalue weighted by molar-refractivity contribution is 7.62. The molecule has 2 heteroatoms. The number of allylic oxidation sites excluding steroid dienone is 4. The molecule has 0 nitrogen and oxygen atoms in total. The van der Waals surface area contributed by atoms with E-state index >= 15 is 0 Å². The molecule has 0 saturated carbocycles. The zero-order valence-corrected chi connectivity index (χ0v) is 28.1. The average Bonchev–Trinajstić information content (AvgIpc) is 3.50. The molecule has 48 heavy (non-hydrogen) atoms. The minimum Gasteiger partial charge on any atom is -0.0772 e. The van der Waals surface area contributed by atoms with Crippen LogP contribution in [0.25, 0.3) is 55.3 Å². The van der Waals surface area contributed by atoms with Gasteiger partial charge in [-0.2, -0.15) is 0 Å². The molecule has 0 fully saturated rings. The second-order valence-corrected chi connectivity index (χ2v) is 17.1. The monoisotopic (exact) mass is 645 g/mol. The van der Waals surface area contributed by atoms with E-state index in [1.165, 1.54) is 74.8 Å². The van der Waals surface area contributed by atoms with Crippen LogP contribution in [0.1, 0.15) is 0 Å². The van der Waals surface area contributed by atoms with E-state index in [4.69, 9.17) is 0 Å². The van der Waals surface area contributed by atoms with E-state index < -0.39 is 15.1 Å². The first-order valence-electron chi connectivity index (χ1n) is 16.6. The van der Waals surface area contributed by atoms with Gasteiger partial charge in [-0.3, -0.25) is 0 Å². The number of hydrogen-bond donors (Lipinski definition) is 0. The van der Waals surface area contributed by atoms with Crippen molar-refractivity contribution in [1.82, 2.24) is 0 Å². The summed E-state index contributed by atoms with van der Waals surface area (Å²) >= 11 is 0. The van der Waals surface area contributed by atoms with Gasteiger partial charge >= 0.3 is 0 Å². The molecule has 0 N–H and O–H groups in total. The Balaban J connectivity index is 1.37. The van der Waals surface area contributed by atoms with Gasteiger partial charge in [0.15, 0.2) is 17.8 Å². The van der Waals surface area contributed by atoms with Crippen molar-refractivity contribution < 1.29 is 0 Å². The third-order valence-corrected chi connectivity index (χ3v) is 15.2. The van der Waals surface area contributed by atoms with Crippen molar-refractivity contribution in [2.24, 2.45) is 5.92 Å². The summed E-state index contributed by atoms with van der Waals surface area (Å²) in [5, 5.41) is 10.1. The maximum atomic E-state index is 2.62. The quantitative estimate of drug-likeness (QED) is 0.167. The number of fused-ring (bicyclic) bond motifs is 4. The molecule has 224 valence electrons. The van der Waals surface area contributed by atoms with Crippen molar-refractivity contribution >= 4 is 48.1 Å². The molecule has 6 aromatic carbocycles. The largest absolute Gasteiger partial charge is 0.175 e. The van der Waals surface area contributed by atoms with Crippen LogP contribution in [-0.2, 0) is 0 Å². The summed E-state index contributed by atoms with van der Waals surface area (Å²) in [6, 6.07) is 58.7. The fourth-order valence-electron chi connectivity index (χ4n) is 8.01. The lowest BCUT2D eigenvalue weighted by atomic mass is 9.81. The smallest absolute Gasteiger partial charge is 0.0772 e. The maximum absolute atomic E-state index is 2.62. The van der Waals surface area contributed by atoms with E-state index in [2.05, 4.69) is 182 Å². The van der Waals surface area contributed by atoms with Crippen LogP contribution < -0.4 is 20.7 Å². The van der Waals surface area contributed by atoms with Gasteiger partial charge in [0, 0.05) is 15.3 Å². The van der Waals surface area contributed by atoms with E-state index in [0.29, 0.717) is 0 Å². The Kier molecular flexibility index (Phi) is 6.48. The summed E-state index contributed by atoms with van der Waals surface area (Å²) < 4.78 is 0. The van der Waals surface area contributed by atoms with Crippen molar-refractivity contribution in [2.75, 3.05) is 0 Å². The van der Waals surface area contributed by atoms with Crippen molar-refractivity contribution in [1.29, 1.82) is 0 Å². The Bertz CT molecular complexity index is 2730. The molecule has 0 radical (unpaired) electrons. The van der Waals surface area contributed by atoms with Gasteiger partial charge in [0.1, 0.15) is 5.31 Å². The van der Waals surface area contributed by atoms with Gasteiger partial charge < -0.3 is 0 Å². The summed E-state index contributed by atoms with van der Waals surface area (Å²) in [6.07, 6.45) is 9.83. The molecule has 3 unspecified atom stereocenters. The third-order valence-electron chi connectivity index (χ3n) is 10.1. The van der Waals surface area contributed by atoms with Gasteiger partial charge in [-0.25, -0.2) is 0 Å². The molecule has 10 rings (SSSR count). The number of rotatable bonds is 4. The lowest BCUT2D eigenvalue weighted by Gasteiger charge is -2.27. The van der Waals surface area contributed by atoms with Gasteiger partial charge in [-0.15, -0.1) is 0 Å². The van der Waals surface area contributed by atoms with E-state index in [9.17, 15) is 0 Å². The van der Waals surface area contributed by atoms with Crippen molar-refractivity contribution in [3.05, 3.63) is 202 Å². The fourth-order valence-corrected chi connectivity index (χ4v) is 13.5. The van der Waals surface area contributed by atoms with Crippen molar-refractivity contribution in [3.63, 3.8) is 0 Å². The molecular weight excluding hydrogens is 614 g/mol. The van der Waals surface area contributed by atoms with Crippen LogP contribution in [0.5, 0.6) is 0 Å². The van der Waals surface area contributed by atoms with E-state index in [-0.39, 0.29) is 5.92 Å². The van der Waals surface area contributed by atoms with Crippen LogP contribution >= 0.6 is 15.1 Å². The third kappa shape index (κ3) is 4.27. The molecule has 0 saturated heterocycles. The van der Waals surface area contributed by atoms with Gasteiger partial charge in [-0.1, -0.05) is 147 Å². The molecule has 1 aromatic heterocycles. The van der Waals surface area contributed by atoms with E-state index in [0.717, 1.165) is 0 Å². The zero-order valence-electron chi connectivity index (χ0n) is 26.3. The molecular formula is C46H31P2+. The second-order valence-electron chi connectivity index (χ2n) is 12.7. The topological polar surface area (TPSA) is 0 Å². The van der Waals surface area contributed by atoms with Gasteiger partial charge in [-0.05, 0) is 91.8 Å². The summed E-state index contributed by atoms with van der Waals surface area (Å²) in [4.78, 5) is 2.96. The van der Waals surface area contributed by atoms with Crippen LogP contribution in [0.2, 0.25) is 0 Å². The molecule has 1 aliphatic heterocycles. The minimum atomic E-state index is -0.727. The van der Waals surface area contributed by atoms with Crippen LogP contribution in [0.15, 0.2) is 181 Å². The summed E-state index contributed by atoms with van der Waals surface area (Å²) in [5.41, 5.74) is 8.05. The molecule has 2 heterocycles. The highest BCUT2D eigenvalue weighted by atomic mass is 31.1. The Labute approximate surface area is 282 Å². The normalized spacial score (nSPS) is 16.9. The zero-order chi connectivity index (χ0) is 31.6. The van der Waals surface area contributed by atoms with Gasteiger partial charge in [0.25, 0.3) is 0 Å². The molecule has 0 amide bonds. The highest BCUT2D eigenvalue weighted by Crippen LogP contribution is 2.53. The molecule has 3 aliphatic rings. The summed E-state index contributed by atoms with van der Waals surface area (Å²) in [6.45, 7) is 0. The lowest BCUT2D eigenvalue weighted by molar-refractivity contribution is 1.07. The Hall–Kier alpha value is -5.25. The first-order valence-corrected chi connectivity index (χ1v) is 19.3. The number of hydrogen-bond acceptors (Lipinski definition) is 0. The molecule has 0 spiro atoms. The predicted molar refractivity (Wildman–Crippen MR) is 208 cm³/mol. The molecule has 7 aromatic rings. The van der Waals surface area contributed by atoms with Crippen molar-refractivity contribution in [3.8, 4) is 27.6 Å². The second kappa shape index (κ2) is 11.2. The maximum Gasteiger partial charge on any atom is 0.175 e. The Morgan fingerprint density at radius 1 is 0.542 bits per heavy atom. The lowest BCUT2D eigenvalue weighted by Crippen LogP contribution is -2.35. The van der Waals surface area contributed by atoms with Gasteiger partial charge in [0.2, 0.25) is 0 Å². The highest BCUT2D eigenvalue weighted by Gasteiger charge is 2.40. The van der Waals surface area contributed by atoms with Crippen molar-refractivity contribution in [2.45, 2.75) is 0 Å². The minimum absolute atomic E-state index is 0.252. The first-order chi connectivity index (χ1) is 23.8. The van der Waals surface area contributed by atoms with E-state index in [1.54, 1.807) is 5.31 Å². The summed E-state index contributed by atoms with van der Waals surface area (Å²) in [5.74, 6) is 0.252. The number of benzene rings is 6. The van der Waals surface area contributed by atoms with Gasteiger partial charge in [0.05, 0.1) is 5.92 Å². The van der Waals surface area contributed by atoms with Crippen LogP contribution in [0.3, 0.4) is 0 Å². The fraction of sp³-hybridized carbons (Fsp3) is 0.0217. The standard InChI is InChI=1S/C46H31P2/c1-5-14-31(15-6-1)33-24-26-37-40-30-44-45(39-22-13-23-41(46(39)40)47(42(37)28-33)35-18-9-3-10-19-35)38-27-25-34(32-16-7-2-8-17-32)29-43(38)48(44)36-20-11-4-12-21-36/h1-30,46H/q+1. The summed E-state index contributed by atoms with van der Waals surface area (Å²) in [7, 11) is -1.44. The SMILES string of the molecule is C1=CC2=c3c(p(-c4ccccc4)c4cc(-c5ccccc5)ccc34)=CC3=c4ccc(-c5ccccc5)cc4=[P+](c4ccccc4)C(=C1)C32. The van der Waals surface area contributed by atoms with Crippen LogP contribution in [0, 0.1) is 10.9 Å². The molecule has 3 atom stereocenters. The van der Waals surface area contributed by atoms with Crippen LogP contribution in [-0.4, -0.2) is 0 Å². The Morgan fingerprint density at radius 3 is 1.88 bits per heavy atom. The average molecular weight is 646 g/mol. The Morgan fingerprint density at radius 2 is 1.17 bits per heavy atom. The predicted octanol–water partition coefficient (Wildman–Crippen LogP) is 10.1. The van der Waals surface area contributed by atoms with E-state index in [1.807, 2.05) is 0 Å². The van der Waals surface area contributed by atoms with Crippen LogP contribution in [0.4, 0.5) is 0 Å². The first kappa shape index (κ1) is 27.8.